The number of methoxy groups -OCH3 is 2. The first-order valence-corrected chi connectivity index (χ1v) is 14.4. The van der Waals surface area contributed by atoms with Crippen LogP contribution in [-0.4, -0.2) is 68.5 Å². The molecule has 0 aliphatic carbocycles. The number of ether oxygens (including phenoxy) is 4. The average Bonchev–Trinajstić information content (AvgIpc) is 2.99. The molecule has 41 heavy (non-hydrogen) atoms. The molecule has 5 rings (SSSR count). The predicted octanol–water partition coefficient (Wildman–Crippen LogP) is 6.17. The van der Waals surface area contributed by atoms with Crippen LogP contribution in [0.3, 0.4) is 0 Å². The Balaban J connectivity index is 1.56. The van der Waals surface area contributed by atoms with Crippen molar-refractivity contribution in [3.63, 3.8) is 0 Å². The SMILES string of the molecule is C=CC(=O)C[C@H]1CCOC[C@H]1Nc1cc2c(NC3CCOCC3)nc(-c3c(Cl)c(OC)cc(OC)c3Cl)cc2cn1. The molecular formula is C30H34Cl2N4O5. The molecule has 11 heteroatoms. The summed E-state index contributed by atoms with van der Waals surface area (Å²) in [6, 6.07) is 5.66. The zero-order chi connectivity index (χ0) is 28.9. The lowest BCUT2D eigenvalue weighted by Gasteiger charge is -2.32. The van der Waals surface area contributed by atoms with E-state index in [1.54, 1.807) is 12.3 Å². The molecule has 1 aromatic carbocycles. The third-order valence-corrected chi connectivity index (χ3v) is 8.38. The molecule has 0 saturated carbocycles. The van der Waals surface area contributed by atoms with E-state index in [2.05, 4.69) is 17.2 Å². The number of nitrogens with zero attached hydrogens (tertiary/aromatic N) is 2. The minimum Gasteiger partial charge on any atom is -0.495 e. The van der Waals surface area contributed by atoms with Gasteiger partial charge in [0.1, 0.15) is 23.1 Å². The lowest BCUT2D eigenvalue weighted by atomic mass is 9.89. The largest absolute Gasteiger partial charge is 0.495 e. The van der Waals surface area contributed by atoms with E-state index in [-0.39, 0.29) is 23.8 Å². The lowest BCUT2D eigenvalue weighted by molar-refractivity contribution is -0.116. The Labute approximate surface area is 249 Å². The molecule has 2 fully saturated rings. The van der Waals surface area contributed by atoms with Gasteiger partial charge >= 0.3 is 0 Å². The molecule has 4 heterocycles. The summed E-state index contributed by atoms with van der Waals surface area (Å²) < 4.78 is 22.3. The van der Waals surface area contributed by atoms with Crippen molar-refractivity contribution < 1.29 is 23.7 Å². The predicted molar refractivity (Wildman–Crippen MR) is 162 cm³/mol. The van der Waals surface area contributed by atoms with Gasteiger partial charge in [0.05, 0.1) is 42.6 Å². The molecular weight excluding hydrogens is 567 g/mol. The second-order valence-corrected chi connectivity index (χ2v) is 11.0. The Morgan fingerprint density at radius 3 is 2.44 bits per heavy atom. The second-order valence-electron chi connectivity index (χ2n) is 10.2. The van der Waals surface area contributed by atoms with E-state index in [4.69, 9.17) is 52.1 Å². The quantitative estimate of drug-likeness (QED) is 0.264. The van der Waals surface area contributed by atoms with Crippen LogP contribution >= 0.6 is 23.2 Å². The average molecular weight is 602 g/mol. The summed E-state index contributed by atoms with van der Waals surface area (Å²) in [5, 5.41) is 9.54. The van der Waals surface area contributed by atoms with Gasteiger partial charge in [-0.1, -0.05) is 29.8 Å². The van der Waals surface area contributed by atoms with E-state index in [0.29, 0.717) is 77.3 Å². The summed E-state index contributed by atoms with van der Waals surface area (Å²) in [6.07, 6.45) is 6.11. The van der Waals surface area contributed by atoms with Crippen molar-refractivity contribution in [3.05, 3.63) is 47.1 Å². The van der Waals surface area contributed by atoms with E-state index >= 15 is 0 Å². The van der Waals surface area contributed by atoms with Crippen molar-refractivity contribution >= 4 is 51.4 Å². The van der Waals surface area contributed by atoms with E-state index in [1.165, 1.54) is 20.3 Å². The van der Waals surface area contributed by atoms with E-state index in [1.807, 2.05) is 12.1 Å². The smallest absolute Gasteiger partial charge is 0.155 e. The topological polar surface area (TPSA) is 104 Å². The molecule has 0 amide bonds. The molecule has 2 aliphatic heterocycles. The zero-order valence-corrected chi connectivity index (χ0v) is 24.7. The molecule has 3 aromatic rings. The first kappa shape index (κ1) is 29.4. The number of nitrogens with one attached hydrogen (secondary N) is 2. The molecule has 0 spiro atoms. The third kappa shape index (κ3) is 6.54. The monoisotopic (exact) mass is 600 g/mol. The number of carbonyl (C=O) groups is 1. The van der Waals surface area contributed by atoms with Crippen LogP contribution in [0.25, 0.3) is 22.0 Å². The van der Waals surface area contributed by atoms with Crippen molar-refractivity contribution in [2.75, 3.05) is 51.3 Å². The maximum atomic E-state index is 12.1. The van der Waals surface area contributed by atoms with Gasteiger partial charge in [-0.25, -0.2) is 9.97 Å². The van der Waals surface area contributed by atoms with Gasteiger partial charge in [0.2, 0.25) is 0 Å². The van der Waals surface area contributed by atoms with Crippen LogP contribution in [0.1, 0.15) is 25.7 Å². The number of hydrogen-bond donors (Lipinski definition) is 2. The number of carbonyl (C=O) groups excluding carboxylic acids is 1. The first-order chi connectivity index (χ1) is 19.9. The molecule has 218 valence electrons. The highest BCUT2D eigenvalue weighted by molar-refractivity contribution is 6.41. The van der Waals surface area contributed by atoms with Gasteiger partial charge in [-0.05, 0) is 43.4 Å². The zero-order valence-electron chi connectivity index (χ0n) is 23.2. The van der Waals surface area contributed by atoms with Gasteiger partial charge in [-0.15, -0.1) is 0 Å². The summed E-state index contributed by atoms with van der Waals surface area (Å²) in [6.45, 7) is 6.11. The first-order valence-electron chi connectivity index (χ1n) is 13.7. The highest BCUT2D eigenvalue weighted by Gasteiger charge is 2.28. The maximum Gasteiger partial charge on any atom is 0.155 e. The van der Waals surface area contributed by atoms with Gasteiger partial charge in [0.25, 0.3) is 0 Å². The highest BCUT2D eigenvalue weighted by Crippen LogP contribution is 2.46. The van der Waals surface area contributed by atoms with Crippen molar-refractivity contribution in [1.82, 2.24) is 9.97 Å². The normalized spacial score (nSPS) is 19.5. The number of halogens is 2. The Morgan fingerprint density at radius 2 is 1.76 bits per heavy atom. The molecule has 2 atom stereocenters. The fourth-order valence-electron chi connectivity index (χ4n) is 5.33. The Bertz CT molecular complexity index is 1400. The summed E-state index contributed by atoms with van der Waals surface area (Å²) in [4.78, 5) is 21.8. The van der Waals surface area contributed by atoms with Crippen molar-refractivity contribution in [2.45, 2.75) is 37.8 Å². The summed E-state index contributed by atoms with van der Waals surface area (Å²) in [5.74, 6) is 2.37. The van der Waals surface area contributed by atoms with E-state index < -0.39 is 0 Å². The third-order valence-electron chi connectivity index (χ3n) is 7.63. The van der Waals surface area contributed by atoms with Gasteiger partial charge < -0.3 is 29.6 Å². The van der Waals surface area contributed by atoms with Crippen LogP contribution in [-0.2, 0) is 14.3 Å². The van der Waals surface area contributed by atoms with Gasteiger partial charge in [-0.2, -0.15) is 0 Å². The Hall–Kier alpha value is -3.11. The molecule has 0 unspecified atom stereocenters. The molecule has 2 N–H and O–H groups in total. The number of anilines is 2. The van der Waals surface area contributed by atoms with E-state index in [9.17, 15) is 4.79 Å². The van der Waals surface area contributed by atoms with Crippen molar-refractivity contribution in [2.24, 2.45) is 5.92 Å². The van der Waals surface area contributed by atoms with Crippen molar-refractivity contribution in [3.8, 4) is 22.8 Å². The number of hydrogen-bond acceptors (Lipinski definition) is 9. The Kier molecular flexibility index (Phi) is 9.49. The number of benzene rings is 1. The highest BCUT2D eigenvalue weighted by atomic mass is 35.5. The van der Waals surface area contributed by atoms with Crippen LogP contribution in [0.4, 0.5) is 11.6 Å². The number of ketones is 1. The second kappa shape index (κ2) is 13.2. The maximum absolute atomic E-state index is 12.1. The molecule has 9 nitrogen and oxygen atoms in total. The van der Waals surface area contributed by atoms with Gasteiger partial charge in [0.15, 0.2) is 5.78 Å². The minimum atomic E-state index is -0.0569. The summed E-state index contributed by atoms with van der Waals surface area (Å²) >= 11 is 13.5. The van der Waals surface area contributed by atoms with Crippen molar-refractivity contribution in [1.29, 1.82) is 0 Å². The number of fused-ring (bicyclic) bond motifs is 1. The molecule has 2 saturated heterocycles. The molecule has 0 radical (unpaired) electrons. The summed E-state index contributed by atoms with van der Waals surface area (Å²) in [7, 11) is 3.08. The molecule has 0 bridgehead atoms. The molecule has 2 aliphatic rings. The minimum absolute atomic E-state index is 0.0290. The number of allylic oxidation sites excluding steroid dienone is 1. The van der Waals surface area contributed by atoms with Crippen LogP contribution in [0.5, 0.6) is 11.5 Å². The summed E-state index contributed by atoms with van der Waals surface area (Å²) in [5.41, 5.74) is 1.07. The molecule has 2 aromatic heterocycles. The van der Waals surface area contributed by atoms with Crippen LogP contribution in [0.2, 0.25) is 10.0 Å². The fraction of sp³-hybridized carbons (Fsp3) is 0.433. The van der Waals surface area contributed by atoms with Crippen LogP contribution < -0.4 is 20.1 Å². The van der Waals surface area contributed by atoms with Gasteiger partial charge in [-0.3, -0.25) is 4.79 Å². The van der Waals surface area contributed by atoms with Crippen LogP contribution in [0.15, 0.2) is 37.1 Å². The van der Waals surface area contributed by atoms with Gasteiger partial charge in [0, 0.05) is 60.9 Å². The number of rotatable bonds is 10. The fourth-order valence-corrected chi connectivity index (χ4v) is 6.02. The van der Waals surface area contributed by atoms with Crippen LogP contribution in [0, 0.1) is 5.92 Å². The number of aromatic nitrogens is 2. The standard InChI is InChI=1S/C30H34Cl2N4O5/c1-4-20(37)11-17-5-8-41-16-23(17)35-26-13-21-18(15-33-26)12-22(36-30(21)34-19-6-9-40-10-7-19)27-28(31)24(38-2)14-25(39-3)29(27)32/h4,12-15,17,19,23H,1,5-11,16H2,2-3H3,(H,33,35)(H,34,36)/t17-,23-/m1/s1. The van der Waals surface area contributed by atoms with E-state index in [0.717, 1.165) is 30.0 Å². The Morgan fingerprint density at radius 1 is 1.05 bits per heavy atom. The lowest BCUT2D eigenvalue weighted by Crippen LogP contribution is -2.39. The number of pyridine rings is 2.